The molecule has 94 valence electrons. The lowest BCUT2D eigenvalue weighted by Crippen LogP contribution is -2.36. The van der Waals surface area contributed by atoms with Crippen LogP contribution in [0.4, 0.5) is 0 Å². The van der Waals surface area contributed by atoms with Crippen LogP contribution in [0.1, 0.15) is 17.3 Å². The Hall–Kier alpha value is -1.40. The molecule has 0 fully saturated rings. The zero-order chi connectivity index (χ0) is 13.1. The van der Waals surface area contributed by atoms with E-state index in [0.29, 0.717) is 5.56 Å². The van der Waals surface area contributed by atoms with Gasteiger partial charge < -0.3 is 0 Å². The Morgan fingerprint density at radius 1 is 1.24 bits per heavy atom. The van der Waals surface area contributed by atoms with E-state index in [-0.39, 0.29) is 16.6 Å². The molecule has 0 aliphatic rings. The maximum absolute atomic E-state index is 11.6. The third kappa shape index (κ3) is 3.54. The Morgan fingerprint density at radius 2 is 1.76 bits per heavy atom. The van der Waals surface area contributed by atoms with Gasteiger partial charge in [0.1, 0.15) is 0 Å². The second-order valence-electron chi connectivity index (χ2n) is 3.76. The molecule has 0 radical (unpaired) electrons. The van der Waals surface area contributed by atoms with Gasteiger partial charge in [-0.1, -0.05) is 6.92 Å². The topological polar surface area (TPSA) is 66.5 Å². The van der Waals surface area contributed by atoms with Crippen LogP contribution in [-0.2, 0) is 9.84 Å². The Kier molecular flexibility index (Phi) is 4.25. The van der Waals surface area contributed by atoms with Crippen molar-refractivity contribution < 1.29 is 13.2 Å². The van der Waals surface area contributed by atoms with E-state index in [1.165, 1.54) is 29.3 Å². The molecule has 0 bridgehead atoms. The van der Waals surface area contributed by atoms with Crippen molar-refractivity contribution in [2.45, 2.75) is 11.8 Å². The number of nitrogens with zero attached hydrogens (tertiary/aromatic N) is 1. The van der Waals surface area contributed by atoms with Crippen LogP contribution in [0.2, 0.25) is 0 Å². The summed E-state index contributed by atoms with van der Waals surface area (Å²) in [6, 6.07) is 5.90. The fourth-order valence-corrected chi connectivity index (χ4v) is 2.13. The van der Waals surface area contributed by atoms with E-state index in [9.17, 15) is 13.2 Å². The molecule has 0 atom stereocenters. The number of amides is 1. The fraction of sp³-hybridized carbons (Fsp3) is 0.364. The van der Waals surface area contributed by atoms with Crippen molar-refractivity contribution in [1.82, 2.24) is 10.4 Å². The number of hydrazine groups is 1. The molecule has 6 heteroatoms. The first-order chi connectivity index (χ1) is 7.86. The quantitative estimate of drug-likeness (QED) is 0.805. The fourth-order valence-electron chi connectivity index (χ4n) is 1.25. The predicted molar refractivity (Wildman–Crippen MR) is 65.3 cm³/mol. The van der Waals surface area contributed by atoms with E-state index in [1.807, 2.05) is 0 Å². The molecule has 0 aliphatic carbocycles. The number of carbonyl (C=O) groups is 1. The molecular weight excluding hydrogens is 240 g/mol. The highest BCUT2D eigenvalue weighted by Crippen LogP contribution is 2.12. The van der Waals surface area contributed by atoms with Crippen molar-refractivity contribution in [3.05, 3.63) is 29.8 Å². The van der Waals surface area contributed by atoms with E-state index in [4.69, 9.17) is 0 Å². The standard InChI is InChI=1S/C11H16N2O3S/c1-4-17(15,16)10-7-5-9(6-8-10)11(14)12-13(2)3/h5-8H,4H2,1-3H3,(H,12,14). The number of nitrogens with one attached hydrogen (secondary N) is 1. The van der Waals surface area contributed by atoms with E-state index < -0.39 is 9.84 Å². The summed E-state index contributed by atoms with van der Waals surface area (Å²) in [5, 5.41) is 1.53. The summed E-state index contributed by atoms with van der Waals surface area (Å²) in [6.07, 6.45) is 0. The Balaban J connectivity index is 2.93. The van der Waals surface area contributed by atoms with Gasteiger partial charge in [0.15, 0.2) is 9.84 Å². The first kappa shape index (κ1) is 13.7. The van der Waals surface area contributed by atoms with Crippen LogP contribution in [0.15, 0.2) is 29.2 Å². The van der Waals surface area contributed by atoms with E-state index >= 15 is 0 Å². The zero-order valence-electron chi connectivity index (χ0n) is 10.1. The lowest BCUT2D eigenvalue weighted by Gasteiger charge is -2.11. The predicted octanol–water partition coefficient (Wildman–Crippen LogP) is 0.687. The van der Waals surface area contributed by atoms with Crippen LogP contribution in [0.25, 0.3) is 0 Å². The van der Waals surface area contributed by atoms with Gasteiger partial charge in [-0.2, -0.15) is 0 Å². The van der Waals surface area contributed by atoms with Gasteiger partial charge in [0.05, 0.1) is 10.6 Å². The number of benzene rings is 1. The minimum absolute atomic E-state index is 0.0518. The van der Waals surface area contributed by atoms with Crippen molar-refractivity contribution in [3.8, 4) is 0 Å². The molecular formula is C11H16N2O3S. The molecule has 0 heterocycles. The second-order valence-corrected chi connectivity index (χ2v) is 6.04. The highest BCUT2D eigenvalue weighted by Gasteiger charge is 2.12. The second kappa shape index (κ2) is 5.29. The molecule has 0 spiro atoms. The van der Waals surface area contributed by atoms with Gasteiger partial charge in [0.25, 0.3) is 5.91 Å². The van der Waals surface area contributed by atoms with Crippen LogP contribution in [0, 0.1) is 0 Å². The van der Waals surface area contributed by atoms with Crippen LogP contribution < -0.4 is 5.43 Å². The normalized spacial score (nSPS) is 11.5. The number of hydrogen-bond donors (Lipinski definition) is 1. The maximum atomic E-state index is 11.6. The summed E-state index contributed by atoms with van der Waals surface area (Å²) in [4.78, 5) is 11.8. The number of rotatable bonds is 4. The van der Waals surface area contributed by atoms with E-state index in [1.54, 1.807) is 21.0 Å². The first-order valence-electron chi connectivity index (χ1n) is 5.18. The van der Waals surface area contributed by atoms with Crippen LogP contribution in [-0.4, -0.2) is 39.2 Å². The van der Waals surface area contributed by atoms with E-state index in [2.05, 4.69) is 5.43 Å². The minimum Gasteiger partial charge on any atom is -0.285 e. The van der Waals surface area contributed by atoms with Gasteiger partial charge in [0.2, 0.25) is 0 Å². The van der Waals surface area contributed by atoms with Gasteiger partial charge in [-0.3, -0.25) is 10.2 Å². The number of sulfone groups is 1. The van der Waals surface area contributed by atoms with Gasteiger partial charge >= 0.3 is 0 Å². The zero-order valence-corrected chi connectivity index (χ0v) is 10.9. The SMILES string of the molecule is CCS(=O)(=O)c1ccc(C(=O)NN(C)C)cc1. The minimum atomic E-state index is -3.21. The summed E-state index contributed by atoms with van der Waals surface area (Å²) >= 11 is 0. The molecule has 0 unspecified atom stereocenters. The lowest BCUT2D eigenvalue weighted by molar-refractivity contribution is 0.0857. The van der Waals surface area contributed by atoms with Crippen molar-refractivity contribution in [2.75, 3.05) is 19.8 Å². The molecule has 1 aromatic carbocycles. The van der Waals surface area contributed by atoms with Crippen molar-refractivity contribution in [2.24, 2.45) is 0 Å². The Morgan fingerprint density at radius 3 is 2.18 bits per heavy atom. The molecule has 5 nitrogen and oxygen atoms in total. The molecule has 1 aromatic rings. The van der Waals surface area contributed by atoms with E-state index in [0.717, 1.165) is 0 Å². The maximum Gasteiger partial charge on any atom is 0.265 e. The van der Waals surface area contributed by atoms with Gasteiger partial charge in [0, 0.05) is 19.7 Å². The summed E-state index contributed by atoms with van der Waals surface area (Å²) < 4.78 is 23.1. The summed E-state index contributed by atoms with van der Waals surface area (Å²) in [5.74, 6) is -0.216. The molecule has 0 saturated heterocycles. The van der Waals surface area contributed by atoms with Gasteiger partial charge in [-0.25, -0.2) is 13.4 Å². The van der Waals surface area contributed by atoms with Crippen LogP contribution in [0.3, 0.4) is 0 Å². The smallest absolute Gasteiger partial charge is 0.265 e. The average Bonchev–Trinajstić information content (AvgIpc) is 2.28. The van der Waals surface area contributed by atoms with Crippen molar-refractivity contribution in [1.29, 1.82) is 0 Å². The molecule has 1 rings (SSSR count). The van der Waals surface area contributed by atoms with Crippen molar-refractivity contribution >= 4 is 15.7 Å². The highest BCUT2D eigenvalue weighted by atomic mass is 32.2. The molecule has 0 aliphatic heterocycles. The van der Waals surface area contributed by atoms with Gasteiger partial charge in [-0.05, 0) is 24.3 Å². The summed E-state index contributed by atoms with van der Waals surface area (Å²) in [6.45, 7) is 1.59. The highest BCUT2D eigenvalue weighted by molar-refractivity contribution is 7.91. The Bertz CT molecular complexity index is 492. The largest absolute Gasteiger partial charge is 0.285 e. The lowest BCUT2D eigenvalue weighted by atomic mass is 10.2. The molecule has 17 heavy (non-hydrogen) atoms. The van der Waals surface area contributed by atoms with Gasteiger partial charge in [-0.15, -0.1) is 0 Å². The molecule has 0 saturated carbocycles. The van der Waals surface area contributed by atoms with Crippen LogP contribution >= 0.6 is 0 Å². The third-order valence-electron chi connectivity index (χ3n) is 2.18. The third-order valence-corrected chi connectivity index (χ3v) is 3.93. The monoisotopic (exact) mass is 256 g/mol. The Labute approximate surface area is 101 Å². The molecule has 1 N–H and O–H groups in total. The molecule has 0 aromatic heterocycles. The summed E-state index contributed by atoms with van der Waals surface area (Å²) in [5.41, 5.74) is 3.00. The van der Waals surface area contributed by atoms with Crippen molar-refractivity contribution in [3.63, 3.8) is 0 Å². The number of hydrogen-bond acceptors (Lipinski definition) is 4. The van der Waals surface area contributed by atoms with Crippen LogP contribution in [0.5, 0.6) is 0 Å². The summed E-state index contributed by atoms with van der Waals surface area (Å²) in [7, 11) is 0.199. The average molecular weight is 256 g/mol. The first-order valence-corrected chi connectivity index (χ1v) is 6.83. The molecule has 1 amide bonds. The number of carbonyl (C=O) groups excluding carboxylic acids is 1.